The van der Waals surface area contributed by atoms with Crippen molar-refractivity contribution in [3.63, 3.8) is 0 Å². The summed E-state index contributed by atoms with van der Waals surface area (Å²) in [5.74, 6) is -0.738. The molecule has 0 fully saturated rings. The smallest absolute Gasteiger partial charge is 0.340 e. The van der Waals surface area contributed by atoms with Crippen molar-refractivity contribution in [2.75, 3.05) is 11.9 Å². The van der Waals surface area contributed by atoms with E-state index in [-0.39, 0.29) is 27.6 Å². The molecule has 140 valence electrons. The van der Waals surface area contributed by atoms with Crippen molar-refractivity contribution >= 4 is 40.8 Å². The van der Waals surface area contributed by atoms with Crippen LogP contribution >= 0.6 is 23.2 Å². The van der Waals surface area contributed by atoms with Crippen LogP contribution in [-0.4, -0.2) is 18.5 Å². The molecule has 0 radical (unpaired) electrons. The van der Waals surface area contributed by atoms with Gasteiger partial charge in [0.05, 0.1) is 22.9 Å². The van der Waals surface area contributed by atoms with Crippen LogP contribution < -0.4 is 5.32 Å². The fraction of sp³-hybridized carbons (Fsp3) is 0.579. The fourth-order valence-electron chi connectivity index (χ4n) is 2.29. The highest BCUT2D eigenvalue weighted by atomic mass is 35.5. The maximum absolute atomic E-state index is 12.4. The standard InChI is InChI=1S/C19H27Cl2NO3/c1-5-8-16(23)22-17-14(11-13(20)12-15(17)21)18(24)25-10-7-6-9-19(2,3)4/h11-12H,5-10H2,1-4H3,(H,22,23). The number of carbonyl (C=O) groups is 2. The molecule has 1 aromatic carbocycles. The van der Waals surface area contributed by atoms with Gasteiger partial charge in [0.1, 0.15) is 0 Å². The lowest BCUT2D eigenvalue weighted by atomic mass is 9.90. The second-order valence-electron chi connectivity index (χ2n) is 7.26. The van der Waals surface area contributed by atoms with Crippen molar-refractivity contribution in [1.82, 2.24) is 0 Å². The van der Waals surface area contributed by atoms with E-state index in [1.807, 2.05) is 6.92 Å². The zero-order valence-corrected chi connectivity index (χ0v) is 16.9. The summed E-state index contributed by atoms with van der Waals surface area (Å²) in [6.07, 6.45) is 3.87. The molecule has 0 aliphatic rings. The first kappa shape index (κ1) is 21.8. The Morgan fingerprint density at radius 1 is 1.16 bits per heavy atom. The summed E-state index contributed by atoms with van der Waals surface area (Å²) in [6, 6.07) is 2.96. The highest BCUT2D eigenvalue weighted by molar-refractivity contribution is 6.37. The normalized spacial score (nSPS) is 11.3. The zero-order chi connectivity index (χ0) is 19.0. The SMILES string of the molecule is CCCC(=O)Nc1c(Cl)cc(Cl)cc1C(=O)OCCCCC(C)(C)C. The third-order valence-electron chi connectivity index (χ3n) is 3.57. The van der Waals surface area contributed by atoms with Crippen LogP contribution in [0.15, 0.2) is 12.1 Å². The van der Waals surface area contributed by atoms with Gasteiger partial charge in [0, 0.05) is 11.4 Å². The topological polar surface area (TPSA) is 55.4 Å². The zero-order valence-electron chi connectivity index (χ0n) is 15.4. The molecule has 0 saturated heterocycles. The second kappa shape index (κ2) is 10.0. The molecule has 25 heavy (non-hydrogen) atoms. The minimum atomic E-state index is -0.535. The van der Waals surface area contributed by atoms with E-state index in [0.29, 0.717) is 24.5 Å². The Labute approximate surface area is 160 Å². The first-order valence-corrected chi connectivity index (χ1v) is 9.35. The quantitative estimate of drug-likeness (QED) is 0.432. The first-order chi connectivity index (χ1) is 11.6. The number of unbranched alkanes of at least 4 members (excludes halogenated alkanes) is 1. The lowest BCUT2D eigenvalue weighted by Gasteiger charge is -2.17. The van der Waals surface area contributed by atoms with Crippen LogP contribution in [0.2, 0.25) is 10.0 Å². The number of nitrogens with one attached hydrogen (secondary N) is 1. The summed E-state index contributed by atoms with van der Waals surface area (Å²) in [5, 5.41) is 3.22. The number of halogens is 2. The maximum Gasteiger partial charge on any atom is 0.340 e. The van der Waals surface area contributed by atoms with Crippen LogP contribution in [0.4, 0.5) is 5.69 Å². The van der Waals surface area contributed by atoms with Crippen molar-refractivity contribution in [1.29, 1.82) is 0 Å². The Bertz CT molecular complexity index is 609. The molecule has 1 aromatic rings. The molecule has 0 unspecified atom stereocenters. The Balaban J connectivity index is 2.74. The molecule has 1 amide bonds. The largest absolute Gasteiger partial charge is 0.462 e. The molecular weight excluding hydrogens is 361 g/mol. The Hall–Kier alpha value is -1.26. The molecule has 0 aliphatic heterocycles. The molecule has 0 bridgehead atoms. The first-order valence-electron chi connectivity index (χ1n) is 8.60. The lowest BCUT2D eigenvalue weighted by Crippen LogP contribution is -2.16. The molecule has 6 heteroatoms. The van der Waals surface area contributed by atoms with Crippen LogP contribution in [-0.2, 0) is 9.53 Å². The third kappa shape index (κ3) is 8.10. The van der Waals surface area contributed by atoms with Gasteiger partial charge < -0.3 is 10.1 Å². The summed E-state index contributed by atoms with van der Waals surface area (Å²) in [6.45, 7) is 8.76. The molecule has 0 atom stereocenters. The van der Waals surface area contributed by atoms with Gasteiger partial charge in [0.2, 0.25) is 5.91 Å². The number of ether oxygens (including phenoxy) is 1. The van der Waals surface area contributed by atoms with Gasteiger partial charge in [-0.15, -0.1) is 0 Å². The predicted octanol–water partition coefficient (Wildman–Crippen LogP) is 6.11. The number of carbonyl (C=O) groups excluding carboxylic acids is 2. The van der Waals surface area contributed by atoms with Gasteiger partial charge in [-0.2, -0.15) is 0 Å². The van der Waals surface area contributed by atoms with Crippen LogP contribution in [0.3, 0.4) is 0 Å². The van der Waals surface area contributed by atoms with E-state index in [1.54, 1.807) is 0 Å². The molecule has 0 aliphatic carbocycles. The van der Waals surface area contributed by atoms with E-state index < -0.39 is 5.97 Å². The number of benzene rings is 1. The highest BCUT2D eigenvalue weighted by Crippen LogP contribution is 2.31. The van der Waals surface area contributed by atoms with Crippen molar-refractivity contribution < 1.29 is 14.3 Å². The monoisotopic (exact) mass is 387 g/mol. The fourth-order valence-corrected chi connectivity index (χ4v) is 2.83. The number of amides is 1. The summed E-state index contributed by atoms with van der Waals surface area (Å²) in [7, 11) is 0. The van der Waals surface area contributed by atoms with Gasteiger partial charge in [-0.25, -0.2) is 4.79 Å². The van der Waals surface area contributed by atoms with Gasteiger partial charge in [-0.1, -0.05) is 50.9 Å². The summed E-state index contributed by atoms with van der Waals surface area (Å²) >= 11 is 12.1. The van der Waals surface area contributed by atoms with Gasteiger partial charge in [-0.3, -0.25) is 4.79 Å². The van der Waals surface area contributed by atoms with Crippen molar-refractivity contribution in [3.8, 4) is 0 Å². The van der Waals surface area contributed by atoms with Gasteiger partial charge in [0.15, 0.2) is 0 Å². The summed E-state index contributed by atoms with van der Waals surface area (Å²) < 4.78 is 5.33. The highest BCUT2D eigenvalue weighted by Gasteiger charge is 2.19. The van der Waals surface area contributed by atoms with Crippen LogP contribution in [0.5, 0.6) is 0 Å². The molecule has 0 saturated carbocycles. The van der Waals surface area contributed by atoms with Gasteiger partial charge >= 0.3 is 5.97 Å². The molecule has 1 rings (SSSR count). The Kier molecular flexibility index (Phi) is 8.74. The van der Waals surface area contributed by atoms with Gasteiger partial charge in [-0.05, 0) is 43.2 Å². The van der Waals surface area contributed by atoms with Crippen molar-refractivity contribution in [2.24, 2.45) is 5.41 Å². The Morgan fingerprint density at radius 3 is 2.44 bits per heavy atom. The molecular formula is C19H27Cl2NO3. The minimum Gasteiger partial charge on any atom is -0.462 e. The van der Waals surface area contributed by atoms with E-state index in [4.69, 9.17) is 27.9 Å². The van der Waals surface area contributed by atoms with Crippen molar-refractivity contribution in [2.45, 2.75) is 59.8 Å². The number of hydrogen-bond donors (Lipinski definition) is 1. The number of anilines is 1. The van der Waals surface area contributed by atoms with Crippen molar-refractivity contribution in [3.05, 3.63) is 27.7 Å². The van der Waals surface area contributed by atoms with E-state index >= 15 is 0 Å². The second-order valence-corrected chi connectivity index (χ2v) is 8.11. The van der Waals surface area contributed by atoms with Crippen LogP contribution in [0, 0.1) is 5.41 Å². The average molecular weight is 388 g/mol. The van der Waals surface area contributed by atoms with Crippen LogP contribution in [0.25, 0.3) is 0 Å². The lowest BCUT2D eigenvalue weighted by molar-refractivity contribution is -0.116. The predicted molar refractivity (Wildman–Crippen MR) is 104 cm³/mol. The van der Waals surface area contributed by atoms with E-state index in [9.17, 15) is 9.59 Å². The van der Waals surface area contributed by atoms with Gasteiger partial charge in [0.25, 0.3) is 0 Å². The minimum absolute atomic E-state index is 0.178. The van der Waals surface area contributed by atoms with E-state index in [0.717, 1.165) is 19.3 Å². The third-order valence-corrected chi connectivity index (χ3v) is 4.09. The molecule has 1 N–H and O–H groups in total. The number of esters is 1. The maximum atomic E-state index is 12.4. The summed E-state index contributed by atoms with van der Waals surface area (Å²) in [5.41, 5.74) is 0.697. The number of rotatable bonds is 8. The van der Waals surface area contributed by atoms with E-state index in [1.165, 1.54) is 12.1 Å². The van der Waals surface area contributed by atoms with Crippen LogP contribution in [0.1, 0.15) is 70.2 Å². The number of hydrogen-bond acceptors (Lipinski definition) is 3. The Morgan fingerprint density at radius 2 is 1.84 bits per heavy atom. The summed E-state index contributed by atoms with van der Waals surface area (Å²) in [4.78, 5) is 24.2. The molecule has 0 spiro atoms. The van der Waals surface area contributed by atoms with E-state index in [2.05, 4.69) is 26.1 Å². The molecule has 0 heterocycles. The molecule has 0 aromatic heterocycles. The average Bonchev–Trinajstić information content (AvgIpc) is 2.48. The molecule has 4 nitrogen and oxygen atoms in total.